The van der Waals surface area contributed by atoms with E-state index in [4.69, 9.17) is 21.1 Å². The summed E-state index contributed by atoms with van der Waals surface area (Å²) in [4.78, 5) is 19.3. The number of amides is 1. The van der Waals surface area contributed by atoms with Crippen LogP contribution in [0.2, 0.25) is 5.02 Å². The van der Waals surface area contributed by atoms with Crippen molar-refractivity contribution in [1.29, 1.82) is 0 Å². The topological polar surface area (TPSA) is 69.5 Å². The van der Waals surface area contributed by atoms with E-state index in [-0.39, 0.29) is 12.5 Å². The van der Waals surface area contributed by atoms with Crippen LogP contribution in [0.5, 0.6) is 11.5 Å². The number of benzene rings is 2. The Hall–Kier alpha value is -3.10. The molecule has 9 heteroatoms. The summed E-state index contributed by atoms with van der Waals surface area (Å²) in [5, 5.41) is 5.34. The minimum atomic E-state index is -0.201. The first kappa shape index (κ1) is 20.2. The van der Waals surface area contributed by atoms with Gasteiger partial charge in [-0.3, -0.25) is 14.4 Å². The van der Waals surface area contributed by atoms with Crippen LogP contribution in [0.3, 0.4) is 0 Å². The Kier molecular flexibility index (Phi) is 6.15. The van der Waals surface area contributed by atoms with Crippen molar-refractivity contribution in [3.8, 4) is 11.5 Å². The predicted octanol–water partition coefficient (Wildman–Crippen LogP) is 4.27. The summed E-state index contributed by atoms with van der Waals surface area (Å²) in [6.45, 7) is 0.823. The van der Waals surface area contributed by atoms with Crippen molar-refractivity contribution in [2.75, 3.05) is 25.2 Å². The number of carbonyl (C=O) groups excluding carboxylic acids is 1. The molecule has 4 rings (SSSR count). The first-order valence-electron chi connectivity index (χ1n) is 9.24. The standard InChI is InChI=1S/C21H19ClN4O3S/c1-28-15-6-8-16(9-7-15)29-14-19(27)26(13-12-25-11-3-10-23-25)21-24-20-17(22)4-2-5-18(20)30-21/h2-11H,12-14H2,1H3. The van der Waals surface area contributed by atoms with E-state index in [0.717, 1.165) is 10.4 Å². The van der Waals surface area contributed by atoms with E-state index in [1.165, 1.54) is 11.3 Å². The fourth-order valence-electron chi connectivity index (χ4n) is 2.88. The largest absolute Gasteiger partial charge is 0.497 e. The Morgan fingerprint density at radius 2 is 1.97 bits per heavy atom. The van der Waals surface area contributed by atoms with Crippen LogP contribution in [0.15, 0.2) is 60.9 Å². The molecule has 0 N–H and O–H groups in total. The number of methoxy groups -OCH3 is 1. The third-order valence-electron chi connectivity index (χ3n) is 4.42. The van der Waals surface area contributed by atoms with Crippen molar-refractivity contribution in [3.05, 3.63) is 65.9 Å². The molecule has 0 atom stereocenters. The lowest BCUT2D eigenvalue weighted by atomic mass is 10.3. The van der Waals surface area contributed by atoms with Gasteiger partial charge in [-0.2, -0.15) is 5.10 Å². The van der Waals surface area contributed by atoms with Crippen molar-refractivity contribution in [2.24, 2.45) is 0 Å². The average molecular weight is 443 g/mol. The highest BCUT2D eigenvalue weighted by molar-refractivity contribution is 7.22. The molecule has 0 aliphatic rings. The number of carbonyl (C=O) groups is 1. The minimum Gasteiger partial charge on any atom is -0.497 e. The fourth-order valence-corrected chi connectivity index (χ4v) is 4.18. The van der Waals surface area contributed by atoms with Crippen molar-refractivity contribution in [2.45, 2.75) is 6.54 Å². The molecule has 0 aliphatic carbocycles. The highest BCUT2D eigenvalue weighted by Gasteiger charge is 2.21. The van der Waals surface area contributed by atoms with E-state index < -0.39 is 0 Å². The van der Waals surface area contributed by atoms with E-state index in [1.54, 1.807) is 53.2 Å². The quantitative estimate of drug-likeness (QED) is 0.407. The molecule has 154 valence electrons. The number of anilines is 1. The molecule has 0 unspecified atom stereocenters. The van der Waals surface area contributed by atoms with Gasteiger partial charge in [-0.1, -0.05) is 29.0 Å². The molecule has 0 bridgehead atoms. The molecule has 1 amide bonds. The molecule has 4 aromatic rings. The van der Waals surface area contributed by atoms with Crippen LogP contribution in [0.1, 0.15) is 0 Å². The van der Waals surface area contributed by atoms with Crippen LogP contribution in [0, 0.1) is 0 Å². The SMILES string of the molecule is COc1ccc(OCC(=O)N(CCn2cccn2)c2nc3c(Cl)cccc3s2)cc1. The second kappa shape index (κ2) is 9.15. The average Bonchev–Trinajstić information content (AvgIpc) is 3.43. The molecule has 0 fully saturated rings. The number of nitrogens with zero attached hydrogens (tertiary/aromatic N) is 4. The molecule has 0 saturated heterocycles. The van der Waals surface area contributed by atoms with Crippen LogP contribution in [-0.2, 0) is 11.3 Å². The molecule has 0 saturated carbocycles. The highest BCUT2D eigenvalue weighted by atomic mass is 35.5. The van der Waals surface area contributed by atoms with Crippen molar-refractivity contribution in [3.63, 3.8) is 0 Å². The summed E-state index contributed by atoms with van der Waals surface area (Å²) in [7, 11) is 1.60. The molecular weight excluding hydrogens is 424 g/mol. The smallest absolute Gasteiger partial charge is 0.266 e. The summed E-state index contributed by atoms with van der Waals surface area (Å²) in [5.41, 5.74) is 0.687. The number of aromatic nitrogens is 3. The number of halogens is 1. The summed E-state index contributed by atoms with van der Waals surface area (Å²) < 4.78 is 13.5. The van der Waals surface area contributed by atoms with E-state index in [2.05, 4.69) is 10.1 Å². The number of hydrogen-bond donors (Lipinski definition) is 0. The second-order valence-corrected chi connectivity index (χ2v) is 7.78. The number of hydrogen-bond acceptors (Lipinski definition) is 6. The van der Waals surface area contributed by atoms with Crippen LogP contribution in [0.25, 0.3) is 10.2 Å². The molecule has 0 aliphatic heterocycles. The van der Waals surface area contributed by atoms with Gasteiger partial charge in [0.25, 0.3) is 5.91 Å². The lowest BCUT2D eigenvalue weighted by Crippen LogP contribution is -2.37. The Bertz CT molecular complexity index is 1130. The molecule has 30 heavy (non-hydrogen) atoms. The monoisotopic (exact) mass is 442 g/mol. The Morgan fingerprint density at radius 1 is 1.17 bits per heavy atom. The van der Waals surface area contributed by atoms with Crippen molar-refractivity contribution in [1.82, 2.24) is 14.8 Å². The third kappa shape index (κ3) is 4.55. The Labute approximate surface area is 182 Å². The Morgan fingerprint density at radius 3 is 2.67 bits per heavy atom. The van der Waals surface area contributed by atoms with Gasteiger partial charge in [-0.15, -0.1) is 0 Å². The van der Waals surface area contributed by atoms with Gasteiger partial charge in [0.2, 0.25) is 0 Å². The molecule has 2 aromatic heterocycles. The van der Waals surface area contributed by atoms with Gasteiger partial charge in [0, 0.05) is 18.9 Å². The van der Waals surface area contributed by atoms with Crippen LogP contribution in [0.4, 0.5) is 5.13 Å². The number of ether oxygens (including phenoxy) is 2. The second-order valence-electron chi connectivity index (χ2n) is 6.36. The first-order chi connectivity index (χ1) is 14.6. The third-order valence-corrected chi connectivity index (χ3v) is 5.77. The van der Waals surface area contributed by atoms with E-state index in [0.29, 0.717) is 34.5 Å². The summed E-state index contributed by atoms with van der Waals surface area (Å²) in [6, 6.07) is 14.5. The highest BCUT2D eigenvalue weighted by Crippen LogP contribution is 2.33. The predicted molar refractivity (Wildman–Crippen MR) is 118 cm³/mol. The van der Waals surface area contributed by atoms with Crippen LogP contribution in [-0.4, -0.2) is 40.9 Å². The van der Waals surface area contributed by atoms with Gasteiger partial charge >= 0.3 is 0 Å². The molecule has 0 spiro atoms. The number of rotatable bonds is 8. The molecule has 2 heterocycles. The maximum atomic E-state index is 13.0. The molecule has 0 radical (unpaired) electrons. The Balaban J connectivity index is 1.53. The number of para-hydroxylation sites is 1. The van der Waals surface area contributed by atoms with Gasteiger partial charge in [-0.05, 0) is 42.5 Å². The van der Waals surface area contributed by atoms with Crippen LogP contribution < -0.4 is 14.4 Å². The summed E-state index contributed by atoms with van der Waals surface area (Å²) >= 11 is 7.69. The van der Waals surface area contributed by atoms with Gasteiger partial charge in [0.15, 0.2) is 11.7 Å². The molecule has 7 nitrogen and oxygen atoms in total. The van der Waals surface area contributed by atoms with Gasteiger partial charge < -0.3 is 9.47 Å². The van der Waals surface area contributed by atoms with Gasteiger partial charge in [-0.25, -0.2) is 4.98 Å². The number of fused-ring (bicyclic) bond motifs is 1. The molecular formula is C21H19ClN4O3S. The zero-order chi connectivity index (χ0) is 20.9. The number of thiazole rings is 1. The van der Waals surface area contributed by atoms with Gasteiger partial charge in [0.05, 0.1) is 23.4 Å². The van der Waals surface area contributed by atoms with Gasteiger partial charge in [0.1, 0.15) is 17.0 Å². The van der Waals surface area contributed by atoms with E-state index in [9.17, 15) is 4.79 Å². The van der Waals surface area contributed by atoms with E-state index in [1.807, 2.05) is 24.4 Å². The van der Waals surface area contributed by atoms with Crippen molar-refractivity contribution >= 4 is 44.2 Å². The molecule has 2 aromatic carbocycles. The van der Waals surface area contributed by atoms with Crippen LogP contribution >= 0.6 is 22.9 Å². The zero-order valence-electron chi connectivity index (χ0n) is 16.2. The zero-order valence-corrected chi connectivity index (χ0v) is 17.8. The van der Waals surface area contributed by atoms with Crippen molar-refractivity contribution < 1.29 is 14.3 Å². The maximum absolute atomic E-state index is 13.0. The minimum absolute atomic E-state index is 0.116. The normalized spacial score (nSPS) is 10.9. The lowest BCUT2D eigenvalue weighted by Gasteiger charge is -2.20. The lowest BCUT2D eigenvalue weighted by molar-refractivity contribution is -0.120. The summed E-state index contributed by atoms with van der Waals surface area (Å²) in [5.74, 6) is 1.11. The van der Waals surface area contributed by atoms with E-state index >= 15 is 0 Å². The summed E-state index contributed by atoms with van der Waals surface area (Å²) in [6.07, 6.45) is 3.56. The first-order valence-corrected chi connectivity index (χ1v) is 10.4. The fraction of sp³-hybridized carbons (Fsp3) is 0.190. The maximum Gasteiger partial charge on any atom is 0.266 e.